The largest absolute Gasteiger partial charge is 0.494 e. The predicted molar refractivity (Wildman–Crippen MR) is 130 cm³/mol. The van der Waals surface area contributed by atoms with Gasteiger partial charge >= 0.3 is 5.97 Å². The maximum atomic E-state index is 11.5. The number of hydrogen-bond donors (Lipinski definition) is 2. The van der Waals surface area contributed by atoms with Crippen LogP contribution in [0.3, 0.4) is 0 Å². The van der Waals surface area contributed by atoms with E-state index in [0.29, 0.717) is 30.8 Å². The van der Waals surface area contributed by atoms with Gasteiger partial charge in [0.25, 0.3) is 0 Å². The Morgan fingerprint density at radius 1 is 1.25 bits per heavy atom. The van der Waals surface area contributed by atoms with Crippen LogP contribution in [0.25, 0.3) is 0 Å². The molecule has 2 rings (SSSR count). The number of ether oxygens (including phenoxy) is 2. The topological polar surface area (TPSA) is 76.0 Å². The van der Waals surface area contributed by atoms with Crippen molar-refractivity contribution in [1.29, 1.82) is 0 Å². The van der Waals surface area contributed by atoms with Crippen LogP contribution in [0.1, 0.15) is 78.1 Å². The molecule has 0 aliphatic heterocycles. The number of rotatable bonds is 14. The predicted octanol–water partition coefficient (Wildman–Crippen LogP) is 5.58. The molecule has 1 fully saturated rings. The van der Waals surface area contributed by atoms with Gasteiger partial charge in [-0.1, -0.05) is 25.2 Å². The molecule has 0 heterocycles. The lowest BCUT2D eigenvalue weighted by molar-refractivity contribution is -0.143. The van der Waals surface area contributed by atoms with Crippen LogP contribution in [0.2, 0.25) is 0 Å². The second kappa shape index (κ2) is 17.9. The van der Waals surface area contributed by atoms with E-state index in [1.807, 2.05) is 6.92 Å². The summed E-state index contributed by atoms with van der Waals surface area (Å²) in [6.07, 6.45) is 21.2. The van der Waals surface area contributed by atoms with Gasteiger partial charge in [-0.25, -0.2) is 0 Å². The SMILES string of the molecule is CCOC(=O)CCC[C@H](CO)CC[C@H]1C(C)CC[C@@H]1/C=C/CCOC1=CCCC=C1.CO. The number of aliphatic hydroxyl groups is 2. The standard InChI is InChI=1S/C26H42O4.CH4O/c1-3-29-26(28)14-9-10-22(20-27)16-18-25-21(2)15-17-23(25)11-7-8-19-30-24-12-5-4-6-13-24;1-2/h5,7,11-13,21-23,25,27H,3-4,6,8-10,14-20H2,1-2H3;2H,1H3/b11-7+;/t21?,22-,23-,25-;/m0./s1. The van der Waals surface area contributed by atoms with Crippen molar-refractivity contribution < 1.29 is 24.5 Å². The number of hydrogen-bond acceptors (Lipinski definition) is 5. The van der Waals surface area contributed by atoms with E-state index in [4.69, 9.17) is 14.6 Å². The van der Waals surface area contributed by atoms with E-state index in [1.165, 1.54) is 12.8 Å². The van der Waals surface area contributed by atoms with Gasteiger partial charge in [0.15, 0.2) is 0 Å². The zero-order chi connectivity index (χ0) is 23.6. The van der Waals surface area contributed by atoms with Crippen molar-refractivity contribution in [2.75, 3.05) is 26.9 Å². The molecule has 5 heteroatoms. The Hall–Kier alpha value is -1.59. The van der Waals surface area contributed by atoms with Crippen LogP contribution in [0.4, 0.5) is 0 Å². The summed E-state index contributed by atoms with van der Waals surface area (Å²) < 4.78 is 10.8. The number of esters is 1. The van der Waals surface area contributed by atoms with Gasteiger partial charge in [-0.05, 0) is 101 Å². The van der Waals surface area contributed by atoms with E-state index >= 15 is 0 Å². The Labute approximate surface area is 195 Å². The summed E-state index contributed by atoms with van der Waals surface area (Å²) in [4.78, 5) is 11.5. The molecular formula is C27H46O5. The zero-order valence-electron chi connectivity index (χ0n) is 20.5. The molecular weight excluding hydrogens is 404 g/mol. The van der Waals surface area contributed by atoms with Gasteiger partial charge in [0, 0.05) is 20.1 Å². The fourth-order valence-corrected chi connectivity index (χ4v) is 4.78. The lowest BCUT2D eigenvalue weighted by atomic mass is 9.83. The molecule has 0 saturated heterocycles. The molecule has 0 amide bonds. The lowest BCUT2D eigenvalue weighted by Gasteiger charge is -2.23. The summed E-state index contributed by atoms with van der Waals surface area (Å²) in [7, 11) is 1.00. The molecule has 1 unspecified atom stereocenters. The average molecular weight is 451 g/mol. The molecule has 4 atom stereocenters. The van der Waals surface area contributed by atoms with Crippen molar-refractivity contribution in [2.45, 2.75) is 78.1 Å². The monoisotopic (exact) mass is 450 g/mol. The molecule has 5 nitrogen and oxygen atoms in total. The first-order chi connectivity index (χ1) is 15.6. The van der Waals surface area contributed by atoms with Crippen LogP contribution in [0.5, 0.6) is 0 Å². The summed E-state index contributed by atoms with van der Waals surface area (Å²) in [5, 5.41) is 16.8. The van der Waals surface area contributed by atoms with E-state index < -0.39 is 0 Å². The van der Waals surface area contributed by atoms with Crippen LogP contribution >= 0.6 is 0 Å². The average Bonchev–Trinajstić information content (AvgIpc) is 3.17. The fourth-order valence-electron chi connectivity index (χ4n) is 4.78. The summed E-state index contributed by atoms with van der Waals surface area (Å²) >= 11 is 0. The van der Waals surface area contributed by atoms with Crippen molar-refractivity contribution in [3.63, 3.8) is 0 Å². The van der Waals surface area contributed by atoms with Gasteiger partial charge in [0.2, 0.25) is 0 Å². The Bertz CT molecular complexity index is 581. The van der Waals surface area contributed by atoms with Crippen molar-refractivity contribution in [3.05, 3.63) is 36.1 Å². The summed E-state index contributed by atoms with van der Waals surface area (Å²) in [6, 6.07) is 0. The van der Waals surface area contributed by atoms with Gasteiger partial charge in [0.1, 0.15) is 5.76 Å². The molecule has 0 bridgehead atoms. The van der Waals surface area contributed by atoms with Crippen molar-refractivity contribution >= 4 is 5.97 Å². The number of carbonyl (C=O) groups excluding carboxylic acids is 1. The quantitative estimate of drug-likeness (QED) is 0.205. The second-order valence-corrected chi connectivity index (χ2v) is 8.86. The molecule has 0 aromatic rings. The molecule has 32 heavy (non-hydrogen) atoms. The number of carbonyl (C=O) groups is 1. The first-order valence-corrected chi connectivity index (χ1v) is 12.5. The Balaban J connectivity index is 0.00000249. The van der Waals surface area contributed by atoms with Gasteiger partial charge in [0.05, 0.1) is 13.2 Å². The van der Waals surface area contributed by atoms with Crippen LogP contribution in [0.15, 0.2) is 36.1 Å². The number of aliphatic hydroxyl groups excluding tert-OH is 2. The van der Waals surface area contributed by atoms with Gasteiger partial charge in [-0.3, -0.25) is 4.79 Å². The van der Waals surface area contributed by atoms with E-state index in [2.05, 4.69) is 37.3 Å². The molecule has 2 N–H and O–H groups in total. The lowest BCUT2D eigenvalue weighted by Crippen LogP contribution is -2.16. The fraction of sp³-hybridized carbons (Fsp3) is 0.741. The Morgan fingerprint density at radius 2 is 2.06 bits per heavy atom. The molecule has 2 aliphatic rings. The van der Waals surface area contributed by atoms with Crippen molar-refractivity contribution in [2.24, 2.45) is 23.7 Å². The van der Waals surface area contributed by atoms with Gasteiger partial charge in [-0.15, -0.1) is 0 Å². The highest BCUT2D eigenvalue weighted by Crippen LogP contribution is 2.41. The first-order valence-electron chi connectivity index (χ1n) is 12.5. The molecule has 1 saturated carbocycles. The third kappa shape index (κ3) is 11.3. The first kappa shape index (κ1) is 28.4. The maximum absolute atomic E-state index is 11.5. The minimum absolute atomic E-state index is 0.122. The smallest absolute Gasteiger partial charge is 0.305 e. The third-order valence-electron chi connectivity index (χ3n) is 6.60. The zero-order valence-corrected chi connectivity index (χ0v) is 20.5. The molecule has 0 radical (unpaired) electrons. The van der Waals surface area contributed by atoms with Crippen LogP contribution < -0.4 is 0 Å². The van der Waals surface area contributed by atoms with E-state index in [9.17, 15) is 9.90 Å². The highest BCUT2D eigenvalue weighted by molar-refractivity contribution is 5.69. The highest BCUT2D eigenvalue weighted by atomic mass is 16.5. The van der Waals surface area contributed by atoms with Gasteiger partial charge in [-0.2, -0.15) is 0 Å². The maximum Gasteiger partial charge on any atom is 0.305 e. The normalized spacial score (nSPS) is 23.4. The minimum Gasteiger partial charge on any atom is -0.494 e. The summed E-state index contributed by atoms with van der Waals surface area (Å²) in [5.74, 6) is 3.27. The second-order valence-electron chi connectivity index (χ2n) is 8.86. The molecule has 0 aromatic heterocycles. The minimum atomic E-state index is -0.122. The van der Waals surface area contributed by atoms with E-state index in [1.54, 1.807) is 0 Å². The van der Waals surface area contributed by atoms with Gasteiger partial charge < -0.3 is 19.7 Å². The van der Waals surface area contributed by atoms with Crippen LogP contribution in [-0.4, -0.2) is 43.1 Å². The highest BCUT2D eigenvalue weighted by Gasteiger charge is 2.31. The van der Waals surface area contributed by atoms with Crippen LogP contribution in [-0.2, 0) is 14.3 Å². The van der Waals surface area contributed by atoms with Crippen molar-refractivity contribution in [1.82, 2.24) is 0 Å². The third-order valence-corrected chi connectivity index (χ3v) is 6.60. The summed E-state index contributed by atoms with van der Waals surface area (Å²) in [6.45, 7) is 5.61. The molecule has 0 spiro atoms. The van der Waals surface area contributed by atoms with Crippen LogP contribution in [0, 0.1) is 23.7 Å². The van der Waals surface area contributed by atoms with Crippen molar-refractivity contribution in [3.8, 4) is 0 Å². The Morgan fingerprint density at radius 3 is 2.75 bits per heavy atom. The molecule has 2 aliphatic carbocycles. The van der Waals surface area contributed by atoms with E-state index in [0.717, 1.165) is 70.3 Å². The van der Waals surface area contributed by atoms with E-state index in [-0.39, 0.29) is 12.6 Å². The number of allylic oxidation sites excluding steroid dienone is 4. The molecule has 0 aromatic carbocycles. The Kier molecular flexibility index (Phi) is 15.9. The molecule has 184 valence electrons. The summed E-state index contributed by atoms with van der Waals surface area (Å²) in [5.41, 5.74) is 0.